The Morgan fingerprint density at radius 3 is 2.58 bits per heavy atom. The molecule has 0 saturated heterocycles. The van der Waals surface area contributed by atoms with Crippen LogP contribution in [0.15, 0.2) is 35.4 Å². The van der Waals surface area contributed by atoms with Gasteiger partial charge in [-0.1, -0.05) is 0 Å². The Morgan fingerprint density at radius 1 is 1.32 bits per heavy atom. The van der Waals surface area contributed by atoms with Crippen LogP contribution in [-0.2, 0) is 0 Å². The van der Waals surface area contributed by atoms with E-state index < -0.39 is 0 Å². The van der Waals surface area contributed by atoms with Crippen molar-refractivity contribution < 1.29 is 9.90 Å². The Balaban J connectivity index is 2.00. The van der Waals surface area contributed by atoms with Gasteiger partial charge in [-0.15, -0.1) is 0 Å². The average Bonchev–Trinajstić information content (AvgIpc) is 2.68. The molecular weight excluding hydrogens is 242 g/mol. The van der Waals surface area contributed by atoms with E-state index in [9.17, 15) is 4.79 Å². The van der Waals surface area contributed by atoms with Gasteiger partial charge in [-0.2, -0.15) is 5.10 Å². The minimum absolute atomic E-state index is 0.123. The Labute approximate surface area is 111 Å². The number of aryl methyl sites for hydroxylation is 2. The second kappa shape index (κ2) is 5.39. The minimum Gasteiger partial charge on any atom is -0.508 e. The first-order chi connectivity index (χ1) is 9.06. The minimum atomic E-state index is -0.322. The van der Waals surface area contributed by atoms with Crippen LogP contribution in [-0.4, -0.2) is 22.2 Å². The molecule has 0 saturated carbocycles. The molecule has 0 unspecified atom stereocenters. The number of H-pyrrole nitrogens is 1. The summed E-state index contributed by atoms with van der Waals surface area (Å²) in [6.07, 6.45) is 1.57. The number of hydrogen-bond acceptors (Lipinski definition) is 3. The predicted molar refractivity (Wildman–Crippen MR) is 73.4 cm³/mol. The van der Waals surface area contributed by atoms with Crippen molar-refractivity contribution in [2.75, 3.05) is 0 Å². The number of hydrogen-bond donors (Lipinski definition) is 3. The third kappa shape index (κ3) is 3.22. The van der Waals surface area contributed by atoms with Gasteiger partial charge < -0.3 is 10.1 Å². The molecule has 2 aromatic rings. The molecule has 19 heavy (non-hydrogen) atoms. The molecule has 1 aromatic heterocycles. The van der Waals surface area contributed by atoms with Gasteiger partial charge in [0.25, 0.3) is 5.91 Å². The van der Waals surface area contributed by atoms with Gasteiger partial charge in [-0.05, 0) is 49.7 Å². The molecule has 5 nitrogen and oxygen atoms in total. The van der Waals surface area contributed by atoms with E-state index in [1.54, 1.807) is 6.21 Å². The van der Waals surface area contributed by atoms with Crippen molar-refractivity contribution in [1.29, 1.82) is 0 Å². The molecule has 0 aliphatic rings. The highest BCUT2D eigenvalue weighted by atomic mass is 16.3. The number of carbonyl (C=O) groups excluding carboxylic acids is 1. The van der Waals surface area contributed by atoms with Crippen molar-refractivity contribution in [2.24, 2.45) is 5.10 Å². The number of rotatable bonds is 3. The van der Waals surface area contributed by atoms with E-state index in [1.807, 2.05) is 19.9 Å². The zero-order chi connectivity index (χ0) is 13.8. The third-order valence-electron chi connectivity index (χ3n) is 2.68. The second-order valence-corrected chi connectivity index (χ2v) is 4.30. The highest BCUT2D eigenvalue weighted by Gasteiger charge is 2.03. The van der Waals surface area contributed by atoms with E-state index in [0.717, 1.165) is 17.0 Å². The van der Waals surface area contributed by atoms with Crippen LogP contribution in [0.3, 0.4) is 0 Å². The van der Waals surface area contributed by atoms with E-state index in [2.05, 4.69) is 15.5 Å². The number of carbonyl (C=O) groups is 1. The molecule has 98 valence electrons. The molecule has 0 radical (unpaired) electrons. The fourth-order valence-corrected chi connectivity index (χ4v) is 1.72. The highest BCUT2D eigenvalue weighted by Crippen LogP contribution is 2.09. The van der Waals surface area contributed by atoms with Gasteiger partial charge in [-0.25, -0.2) is 5.43 Å². The van der Waals surface area contributed by atoms with Crippen molar-refractivity contribution in [3.63, 3.8) is 0 Å². The van der Waals surface area contributed by atoms with E-state index in [1.165, 1.54) is 24.3 Å². The van der Waals surface area contributed by atoms with E-state index in [4.69, 9.17) is 5.11 Å². The van der Waals surface area contributed by atoms with Crippen LogP contribution in [0.5, 0.6) is 5.75 Å². The largest absolute Gasteiger partial charge is 0.508 e. The first kappa shape index (κ1) is 12.9. The zero-order valence-electron chi connectivity index (χ0n) is 10.8. The quantitative estimate of drug-likeness (QED) is 0.581. The van der Waals surface area contributed by atoms with Gasteiger partial charge in [0.15, 0.2) is 0 Å². The maximum Gasteiger partial charge on any atom is 0.271 e. The zero-order valence-corrected chi connectivity index (χ0v) is 10.8. The van der Waals surface area contributed by atoms with Crippen LogP contribution in [0, 0.1) is 13.8 Å². The fraction of sp³-hybridized carbons (Fsp3) is 0.143. The van der Waals surface area contributed by atoms with Gasteiger partial charge in [0.2, 0.25) is 0 Å². The van der Waals surface area contributed by atoms with Crippen LogP contribution < -0.4 is 5.43 Å². The molecule has 3 N–H and O–H groups in total. The monoisotopic (exact) mass is 257 g/mol. The summed E-state index contributed by atoms with van der Waals surface area (Å²) in [7, 11) is 0. The van der Waals surface area contributed by atoms with Crippen molar-refractivity contribution in [1.82, 2.24) is 10.4 Å². The SMILES string of the molecule is Cc1cc(C)c(C=NNC(=O)c2ccc(O)cc2)[nH]1. The smallest absolute Gasteiger partial charge is 0.271 e. The summed E-state index contributed by atoms with van der Waals surface area (Å²) in [5, 5.41) is 13.0. The van der Waals surface area contributed by atoms with Crippen molar-refractivity contribution in [3.8, 4) is 5.75 Å². The molecule has 1 aromatic carbocycles. The topological polar surface area (TPSA) is 77.5 Å². The Bertz CT molecular complexity index is 612. The lowest BCUT2D eigenvalue weighted by atomic mass is 10.2. The van der Waals surface area contributed by atoms with Crippen LogP contribution in [0.2, 0.25) is 0 Å². The lowest BCUT2D eigenvalue weighted by Crippen LogP contribution is -2.17. The molecule has 0 atom stereocenters. The number of phenols is 1. The normalized spacial score (nSPS) is 10.8. The van der Waals surface area contributed by atoms with Crippen LogP contribution >= 0.6 is 0 Å². The fourth-order valence-electron chi connectivity index (χ4n) is 1.72. The van der Waals surface area contributed by atoms with E-state index >= 15 is 0 Å². The summed E-state index contributed by atoms with van der Waals surface area (Å²) in [6.45, 7) is 3.92. The first-order valence-electron chi connectivity index (χ1n) is 5.85. The predicted octanol–water partition coefficient (Wildman–Crippen LogP) is 2.10. The summed E-state index contributed by atoms with van der Waals surface area (Å²) in [4.78, 5) is 14.9. The van der Waals surface area contributed by atoms with Gasteiger partial charge in [0.05, 0.1) is 11.9 Å². The lowest BCUT2D eigenvalue weighted by Gasteiger charge is -1.99. The molecule has 1 amide bonds. The number of aromatic nitrogens is 1. The van der Waals surface area contributed by atoms with Gasteiger partial charge in [0.1, 0.15) is 5.75 Å². The van der Waals surface area contributed by atoms with Gasteiger partial charge >= 0.3 is 0 Å². The number of phenolic OH excluding ortho intramolecular Hbond substituents is 1. The summed E-state index contributed by atoms with van der Waals surface area (Å²) in [5.41, 5.74) is 5.85. The second-order valence-electron chi connectivity index (χ2n) is 4.30. The number of benzene rings is 1. The Hall–Kier alpha value is -2.56. The molecule has 0 bridgehead atoms. The van der Waals surface area contributed by atoms with Crippen LogP contribution in [0.25, 0.3) is 0 Å². The van der Waals surface area contributed by atoms with E-state index in [-0.39, 0.29) is 11.7 Å². The Kier molecular flexibility index (Phi) is 3.66. The maximum atomic E-state index is 11.7. The molecule has 0 spiro atoms. The molecule has 0 fully saturated rings. The first-order valence-corrected chi connectivity index (χ1v) is 5.85. The number of nitrogens with zero attached hydrogens (tertiary/aromatic N) is 1. The van der Waals surface area contributed by atoms with Crippen molar-refractivity contribution in [3.05, 3.63) is 52.8 Å². The van der Waals surface area contributed by atoms with Crippen LogP contribution in [0.1, 0.15) is 27.3 Å². The van der Waals surface area contributed by atoms with Crippen molar-refractivity contribution in [2.45, 2.75) is 13.8 Å². The molecule has 1 heterocycles. The molecular formula is C14H15N3O2. The van der Waals surface area contributed by atoms with Crippen molar-refractivity contribution >= 4 is 12.1 Å². The highest BCUT2D eigenvalue weighted by molar-refractivity contribution is 5.94. The number of nitrogens with one attached hydrogen (secondary N) is 2. The molecule has 0 aliphatic heterocycles. The number of hydrazone groups is 1. The van der Waals surface area contributed by atoms with Gasteiger partial charge in [-0.3, -0.25) is 4.79 Å². The third-order valence-corrected chi connectivity index (χ3v) is 2.68. The van der Waals surface area contributed by atoms with Crippen LogP contribution in [0.4, 0.5) is 0 Å². The maximum absolute atomic E-state index is 11.7. The number of amides is 1. The average molecular weight is 257 g/mol. The van der Waals surface area contributed by atoms with E-state index in [0.29, 0.717) is 5.56 Å². The standard InChI is InChI=1S/C14H15N3O2/c1-9-7-10(2)16-13(9)8-15-17-14(19)11-3-5-12(18)6-4-11/h3-8,16,18H,1-2H3,(H,17,19). The van der Waals surface area contributed by atoms with Gasteiger partial charge in [0, 0.05) is 11.3 Å². The molecule has 5 heteroatoms. The summed E-state index contributed by atoms with van der Waals surface area (Å²) in [5.74, 6) is -0.199. The Morgan fingerprint density at radius 2 is 2.00 bits per heavy atom. The summed E-state index contributed by atoms with van der Waals surface area (Å²) >= 11 is 0. The number of aromatic hydroxyl groups is 1. The summed E-state index contributed by atoms with van der Waals surface area (Å²) < 4.78 is 0. The molecule has 0 aliphatic carbocycles. The lowest BCUT2D eigenvalue weighted by molar-refractivity contribution is 0.0955. The molecule has 2 rings (SSSR count). The summed E-state index contributed by atoms with van der Waals surface area (Å²) in [6, 6.07) is 7.98. The number of aromatic amines is 1.